The molecule has 0 aliphatic rings. The minimum absolute atomic E-state index is 0.185. The van der Waals surface area contributed by atoms with Crippen LogP contribution in [0.3, 0.4) is 0 Å². The molecule has 0 aliphatic carbocycles. The summed E-state index contributed by atoms with van der Waals surface area (Å²) >= 11 is 17.6. The van der Waals surface area contributed by atoms with Gasteiger partial charge in [0.15, 0.2) is 0 Å². The molecule has 0 saturated carbocycles. The van der Waals surface area contributed by atoms with E-state index in [1.165, 1.54) is 0 Å². The summed E-state index contributed by atoms with van der Waals surface area (Å²) in [5.41, 5.74) is 0.801. The zero-order valence-electron chi connectivity index (χ0n) is 10.1. The molecular weight excluding hydrogens is 341 g/mol. The van der Waals surface area contributed by atoms with Crippen LogP contribution in [0.2, 0.25) is 15.1 Å². The Bertz CT molecular complexity index is 695. The number of rotatable bonds is 4. The van der Waals surface area contributed by atoms with Gasteiger partial charge in [-0.25, -0.2) is 8.42 Å². The van der Waals surface area contributed by atoms with Gasteiger partial charge < -0.3 is 0 Å². The van der Waals surface area contributed by atoms with E-state index in [2.05, 4.69) is 4.72 Å². The summed E-state index contributed by atoms with van der Waals surface area (Å²) in [7, 11) is -3.61. The van der Waals surface area contributed by atoms with Gasteiger partial charge in [-0.2, -0.15) is 0 Å². The fourth-order valence-electron chi connectivity index (χ4n) is 1.59. The maximum atomic E-state index is 12.1. The van der Waals surface area contributed by atoms with Crippen LogP contribution in [0.15, 0.2) is 42.5 Å². The zero-order chi connectivity index (χ0) is 14.8. The second-order valence-corrected chi connectivity index (χ2v) is 7.06. The van der Waals surface area contributed by atoms with Crippen LogP contribution in [0.25, 0.3) is 0 Å². The smallest absolute Gasteiger partial charge is 0.237 e. The number of hydrogen-bond donors (Lipinski definition) is 1. The Kier molecular flexibility index (Phi) is 4.81. The molecule has 0 atom stereocenters. The van der Waals surface area contributed by atoms with Crippen LogP contribution in [-0.2, 0) is 15.8 Å². The lowest BCUT2D eigenvalue weighted by molar-refractivity contribution is 0.600. The number of hydrogen-bond acceptors (Lipinski definition) is 2. The first-order chi connectivity index (χ1) is 9.37. The van der Waals surface area contributed by atoms with E-state index >= 15 is 0 Å². The monoisotopic (exact) mass is 349 g/mol. The van der Waals surface area contributed by atoms with Crippen molar-refractivity contribution in [1.29, 1.82) is 0 Å². The van der Waals surface area contributed by atoms with Gasteiger partial charge in [0.25, 0.3) is 0 Å². The van der Waals surface area contributed by atoms with Crippen LogP contribution < -0.4 is 4.72 Å². The number of sulfonamides is 1. The number of anilines is 1. The molecule has 0 aromatic heterocycles. The minimum atomic E-state index is -3.61. The molecule has 0 aliphatic heterocycles. The third-order valence-electron chi connectivity index (χ3n) is 2.49. The Hall–Kier alpha value is -0.940. The highest BCUT2D eigenvalue weighted by Gasteiger charge is 2.15. The third-order valence-corrected chi connectivity index (χ3v) is 4.60. The van der Waals surface area contributed by atoms with E-state index in [0.29, 0.717) is 10.6 Å². The molecule has 2 aromatic carbocycles. The molecule has 2 rings (SSSR count). The molecule has 1 N–H and O–H groups in total. The molecule has 3 nitrogen and oxygen atoms in total. The molecule has 0 heterocycles. The van der Waals surface area contributed by atoms with Gasteiger partial charge in [0.1, 0.15) is 0 Å². The average molecular weight is 351 g/mol. The van der Waals surface area contributed by atoms with E-state index in [0.717, 1.165) is 0 Å². The van der Waals surface area contributed by atoms with Crippen LogP contribution in [0.4, 0.5) is 5.69 Å². The number of halogens is 3. The molecule has 0 amide bonds. The summed E-state index contributed by atoms with van der Waals surface area (Å²) < 4.78 is 26.6. The van der Waals surface area contributed by atoms with E-state index in [4.69, 9.17) is 34.8 Å². The fraction of sp³-hybridized carbons (Fsp3) is 0.0769. The summed E-state index contributed by atoms with van der Waals surface area (Å²) in [6.45, 7) is 0. The lowest BCUT2D eigenvalue weighted by Gasteiger charge is -2.11. The fourth-order valence-corrected chi connectivity index (χ4v) is 3.55. The van der Waals surface area contributed by atoms with E-state index < -0.39 is 10.0 Å². The van der Waals surface area contributed by atoms with Gasteiger partial charge in [-0.05, 0) is 29.8 Å². The van der Waals surface area contributed by atoms with Crippen molar-refractivity contribution in [3.05, 3.63) is 63.1 Å². The molecule has 0 unspecified atom stereocenters. The Morgan fingerprint density at radius 2 is 1.45 bits per heavy atom. The SMILES string of the molecule is O=S(=O)(Cc1ccc(Cl)cc1)Nc1c(Cl)cccc1Cl. The van der Waals surface area contributed by atoms with Crippen molar-refractivity contribution < 1.29 is 8.42 Å². The molecule has 0 bridgehead atoms. The van der Waals surface area contributed by atoms with Gasteiger partial charge in [-0.1, -0.05) is 53.0 Å². The summed E-state index contributed by atoms with van der Waals surface area (Å²) in [4.78, 5) is 0. The topological polar surface area (TPSA) is 46.2 Å². The maximum absolute atomic E-state index is 12.1. The van der Waals surface area contributed by atoms with E-state index in [-0.39, 0.29) is 21.5 Å². The molecule has 20 heavy (non-hydrogen) atoms. The second kappa shape index (κ2) is 6.22. The first-order valence-corrected chi connectivity index (χ1v) is 8.35. The Morgan fingerprint density at radius 1 is 0.900 bits per heavy atom. The summed E-state index contributed by atoms with van der Waals surface area (Å²) in [6, 6.07) is 11.3. The third kappa shape index (κ3) is 4.03. The molecule has 0 saturated heterocycles. The minimum Gasteiger partial charge on any atom is -0.280 e. The van der Waals surface area contributed by atoms with Gasteiger partial charge in [-0.15, -0.1) is 0 Å². The molecule has 2 aromatic rings. The predicted molar refractivity (Wildman–Crippen MR) is 84.2 cm³/mol. The second-order valence-electron chi connectivity index (χ2n) is 4.08. The van der Waals surface area contributed by atoms with Crippen LogP contribution in [0, 0.1) is 0 Å². The van der Waals surface area contributed by atoms with E-state index in [9.17, 15) is 8.42 Å². The Morgan fingerprint density at radius 3 is 2.00 bits per heavy atom. The lowest BCUT2D eigenvalue weighted by Crippen LogP contribution is -2.15. The van der Waals surface area contributed by atoms with Gasteiger partial charge in [0.2, 0.25) is 10.0 Å². The standard InChI is InChI=1S/C13H10Cl3NO2S/c14-10-6-4-9(5-7-10)8-20(18,19)17-13-11(15)2-1-3-12(13)16/h1-7,17H,8H2. The van der Waals surface area contributed by atoms with Crippen LogP contribution in [0.5, 0.6) is 0 Å². The first-order valence-electron chi connectivity index (χ1n) is 5.56. The van der Waals surface area contributed by atoms with Crippen LogP contribution in [0.1, 0.15) is 5.56 Å². The number of nitrogens with one attached hydrogen (secondary N) is 1. The van der Waals surface area contributed by atoms with Crippen molar-refractivity contribution in [3.8, 4) is 0 Å². The molecule has 106 valence electrons. The van der Waals surface area contributed by atoms with E-state index in [1.807, 2.05) is 0 Å². The molecule has 0 fully saturated rings. The normalized spacial score (nSPS) is 11.3. The lowest BCUT2D eigenvalue weighted by atomic mass is 10.2. The zero-order valence-corrected chi connectivity index (χ0v) is 13.2. The van der Waals surface area contributed by atoms with Crippen molar-refractivity contribution in [2.24, 2.45) is 0 Å². The van der Waals surface area contributed by atoms with Gasteiger partial charge >= 0.3 is 0 Å². The Labute approximate surface area is 132 Å². The molecule has 0 radical (unpaired) electrons. The van der Waals surface area contributed by atoms with Gasteiger partial charge in [0.05, 0.1) is 21.5 Å². The molecule has 7 heteroatoms. The van der Waals surface area contributed by atoms with Crippen LogP contribution in [-0.4, -0.2) is 8.42 Å². The molecular formula is C13H10Cl3NO2S. The van der Waals surface area contributed by atoms with Gasteiger partial charge in [0, 0.05) is 5.02 Å². The van der Waals surface area contributed by atoms with Crippen molar-refractivity contribution >= 4 is 50.5 Å². The van der Waals surface area contributed by atoms with Crippen molar-refractivity contribution in [1.82, 2.24) is 0 Å². The summed E-state index contributed by atoms with van der Waals surface area (Å²) in [6.07, 6.45) is 0. The first kappa shape index (κ1) is 15.4. The van der Waals surface area contributed by atoms with Crippen molar-refractivity contribution in [2.45, 2.75) is 5.75 Å². The van der Waals surface area contributed by atoms with E-state index in [1.54, 1.807) is 42.5 Å². The number of para-hydroxylation sites is 1. The number of benzene rings is 2. The highest BCUT2D eigenvalue weighted by atomic mass is 35.5. The van der Waals surface area contributed by atoms with Crippen LogP contribution >= 0.6 is 34.8 Å². The van der Waals surface area contributed by atoms with Crippen molar-refractivity contribution in [3.63, 3.8) is 0 Å². The predicted octanol–water partition coefficient (Wildman–Crippen LogP) is 4.59. The summed E-state index contributed by atoms with van der Waals surface area (Å²) in [5.74, 6) is -0.189. The maximum Gasteiger partial charge on any atom is 0.237 e. The molecule has 0 spiro atoms. The summed E-state index contributed by atoms with van der Waals surface area (Å²) in [5, 5.41) is 1.04. The quantitative estimate of drug-likeness (QED) is 0.876. The van der Waals surface area contributed by atoms with Gasteiger partial charge in [-0.3, -0.25) is 4.72 Å². The largest absolute Gasteiger partial charge is 0.280 e. The highest BCUT2D eigenvalue weighted by molar-refractivity contribution is 7.91. The van der Waals surface area contributed by atoms with Crippen molar-refractivity contribution in [2.75, 3.05) is 4.72 Å². The average Bonchev–Trinajstić information content (AvgIpc) is 2.37. The Balaban J connectivity index is 2.21. The highest BCUT2D eigenvalue weighted by Crippen LogP contribution is 2.31.